The van der Waals surface area contributed by atoms with Crippen LogP contribution in [0, 0.1) is 5.92 Å². The van der Waals surface area contributed by atoms with Crippen LogP contribution in [0.4, 0.5) is 0 Å². The summed E-state index contributed by atoms with van der Waals surface area (Å²) < 4.78 is 6.67. The largest absolute Gasteiger partial charge is 0.376 e. The van der Waals surface area contributed by atoms with Crippen LogP contribution in [0.15, 0.2) is 22.9 Å². The monoisotopic (exact) mass is 340 g/mol. The van der Waals surface area contributed by atoms with E-state index < -0.39 is 0 Å². The summed E-state index contributed by atoms with van der Waals surface area (Å²) in [6, 6.07) is 1.76. The molecule has 4 nitrogen and oxygen atoms in total. The van der Waals surface area contributed by atoms with Crippen molar-refractivity contribution in [1.29, 1.82) is 0 Å². The van der Waals surface area contributed by atoms with Crippen molar-refractivity contribution < 1.29 is 9.53 Å². The van der Waals surface area contributed by atoms with E-state index in [2.05, 4.69) is 33.2 Å². The van der Waals surface area contributed by atoms with Crippen molar-refractivity contribution in [1.82, 2.24) is 10.3 Å². The molecule has 5 heteroatoms. The summed E-state index contributed by atoms with van der Waals surface area (Å²) in [5.74, 6) is 0.521. The lowest BCUT2D eigenvalue weighted by Gasteiger charge is -2.28. The van der Waals surface area contributed by atoms with Gasteiger partial charge in [0.1, 0.15) is 0 Å². The summed E-state index contributed by atoms with van der Waals surface area (Å²) in [5.41, 5.74) is 0.561. The molecule has 1 aromatic rings. The van der Waals surface area contributed by atoms with E-state index in [-0.39, 0.29) is 5.91 Å². The Hall–Kier alpha value is -0.940. The summed E-state index contributed by atoms with van der Waals surface area (Å²) in [6.45, 7) is 3.35. The first-order valence-corrected chi connectivity index (χ1v) is 7.96. The first-order valence-electron chi connectivity index (χ1n) is 7.17. The van der Waals surface area contributed by atoms with Crippen molar-refractivity contribution in [3.8, 4) is 0 Å². The molecule has 0 aliphatic heterocycles. The molecular formula is C15H21BrN2O2. The lowest BCUT2D eigenvalue weighted by molar-refractivity contribution is -0.00294. The fourth-order valence-corrected chi connectivity index (χ4v) is 2.91. The topological polar surface area (TPSA) is 51.2 Å². The van der Waals surface area contributed by atoms with Gasteiger partial charge in [-0.15, -0.1) is 0 Å². The first-order chi connectivity index (χ1) is 9.66. The number of nitrogens with zero attached hydrogens (tertiary/aromatic N) is 1. The Bertz CT molecular complexity index is 453. The zero-order chi connectivity index (χ0) is 14.4. The van der Waals surface area contributed by atoms with Crippen molar-refractivity contribution in [3.05, 3.63) is 28.5 Å². The molecule has 20 heavy (non-hydrogen) atoms. The van der Waals surface area contributed by atoms with Crippen LogP contribution >= 0.6 is 15.9 Å². The highest BCUT2D eigenvalue weighted by atomic mass is 79.9. The molecule has 0 unspecified atom stereocenters. The van der Waals surface area contributed by atoms with E-state index in [0.717, 1.165) is 10.9 Å². The summed E-state index contributed by atoms with van der Waals surface area (Å²) in [4.78, 5) is 15.9. The number of carbonyl (C=O) groups is 1. The Balaban J connectivity index is 1.69. The van der Waals surface area contributed by atoms with Gasteiger partial charge < -0.3 is 10.1 Å². The number of hydrogen-bond acceptors (Lipinski definition) is 3. The number of halogens is 1. The molecule has 1 aromatic heterocycles. The van der Waals surface area contributed by atoms with Gasteiger partial charge in [0.25, 0.3) is 5.91 Å². The second-order valence-electron chi connectivity index (χ2n) is 5.32. The molecule has 110 valence electrons. The average molecular weight is 341 g/mol. The first kappa shape index (κ1) is 15.4. The van der Waals surface area contributed by atoms with Crippen LogP contribution in [0.5, 0.6) is 0 Å². The number of amides is 1. The molecule has 0 radical (unpaired) electrons. The fraction of sp³-hybridized carbons (Fsp3) is 0.600. The lowest BCUT2D eigenvalue weighted by atomic mass is 9.88. The smallest absolute Gasteiger partial charge is 0.252 e. The van der Waals surface area contributed by atoms with E-state index in [1.165, 1.54) is 19.3 Å². The van der Waals surface area contributed by atoms with Gasteiger partial charge in [-0.25, -0.2) is 0 Å². The van der Waals surface area contributed by atoms with Crippen LogP contribution in [0.25, 0.3) is 0 Å². The van der Waals surface area contributed by atoms with E-state index in [0.29, 0.717) is 30.7 Å². The molecule has 1 aliphatic rings. The van der Waals surface area contributed by atoms with E-state index in [1.807, 2.05) is 0 Å². The number of hydrogen-bond donors (Lipinski definition) is 1. The predicted molar refractivity (Wildman–Crippen MR) is 81.6 cm³/mol. The maximum Gasteiger partial charge on any atom is 0.252 e. The molecule has 2 rings (SSSR count). The highest BCUT2D eigenvalue weighted by Gasteiger charge is 2.21. The van der Waals surface area contributed by atoms with Crippen molar-refractivity contribution in [2.24, 2.45) is 5.92 Å². The van der Waals surface area contributed by atoms with E-state index in [9.17, 15) is 4.79 Å². The van der Waals surface area contributed by atoms with Crippen molar-refractivity contribution in [2.45, 2.75) is 38.7 Å². The Morgan fingerprint density at radius 2 is 2.25 bits per heavy atom. The van der Waals surface area contributed by atoms with Crippen LogP contribution in [-0.2, 0) is 4.74 Å². The highest BCUT2D eigenvalue weighted by Crippen LogP contribution is 2.25. The predicted octanol–water partition coefficient (Wildman–Crippen LogP) is 3.17. The van der Waals surface area contributed by atoms with Gasteiger partial charge in [0, 0.05) is 23.4 Å². The number of ether oxygens (including phenoxy) is 1. The molecule has 1 aliphatic carbocycles. The van der Waals surface area contributed by atoms with Crippen LogP contribution in [0.2, 0.25) is 0 Å². The fourth-order valence-electron chi connectivity index (χ4n) is 2.54. The third-order valence-corrected chi connectivity index (χ3v) is 4.15. The molecule has 2 atom stereocenters. The standard InChI is InChI=1S/C15H21BrN2O2/c1-11-4-2-3-5-14(11)20-7-6-18-15(19)12-8-13(16)10-17-9-12/h8-11,14H,2-7H2,1H3,(H,18,19)/t11-,14+/m0/s1. The molecule has 0 aromatic carbocycles. The number of rotatable bonds is 5. The minimum atomic E-state index is -0.112. The van der Waals surface area contributed by atoms with Gasteiger partial charge in [0.05, 0.1) is 18.3 Å². The number of pyridine rings is 1. The van der Waals surface area contributed by atoms with Gasteiger partial charge in [0.2, 0.25) is 0 Å². The normalized spacial score (nSPS) is 22.5. The van der Waals surface area contributed by atoms with Crippen molar-refractivity contribution in [2.75, 3.05) is 13.2 Å². The second-order valence-corrected chi connectivity index (χ2v) is 6.23. The molecule has 0 saturated heterocycles. The summed E-state index contributed by atoms with van der Waals surface area (Å²) in [5, 5.41) is 2.86. The van der Waals surface area contributed by atoms with E-state index in [1.54, 1.807) is 18.5 Å². The molecule has 1 heterocycles. The zero-order valence-electron chi connectivity index (χ0n) is 11.8. The number of carbonyl (C=O) groups excluding carboxylic acids is 1. The van der Waals surface area contributed by atoms with E-state index >= 15 is 0 Å². The highest BCUT2D eigenvalue weighted by molar-refractivity contribution is 9.10. The maximum atomic E-state index is 11.9. The summed E-state index contributed by atoms with van der Waals surface area (Å²) in [7, 11) is 0. The van der Waals surface area contributed by atoms with E-state index in [4.69, 9.17) is 4.74 Å². The number of nitrogens with one attached hydrogen (secondary N) is 1. The Kier molecular flexibility index (Phi) is 5.98. The minimum absolute atomic E-state index is 0.112. The molecule has 0 spiro atoms. The van der Waals surface area contributed by atoms with Gasteiger partial charge in [-0.2, -0.15) is 0 Å². The van der Waals surface area contributed by atoms with Crippen LogP contribution < -0.4 is 5.32 Å². The van der Waals surface area contributed by atoms with Gasteiger partial charge in [-0.1, -0.05) is 19.8 Å². The van der Waals surface area contributed by atoms with Crippen molar-refractivity contribution in [3.63, 3.8) is 0 Å². The molecule has 1 saturated carbocycles. The molecular weight excluding hydrogens is 320 g/mol. The van der Waals surface area contributed by atoms with Crippen LogP contribution in [0.1, 0.15) is 43.0 Å². The van der Waals surface area contributed by atoms with Gasteiger partial charge in [-0.05, 0) is 40.8 Å². The quantitative estimate of drug-likeness (QED) is 0.837. The van der Waals surface area contributed by atoms with Gasteiger partial charge in [0.15, 0.2) is 0 Å². The average Bonchev–Trinajstić information content (AvgIpc) is 2.45. The number of aromatic nitrogens is 1. The molecule has 1 amide bonds. The van der Waals surface area contributed by atoms with Crippen molar-refractivity contribution >= 4 is 21.8 Å². The lowest BCUT2D eigenvalue weighted by Crippen LogP contribution is -2.31. The summed E-state index contributed by atoms with van der Waals surface area (Å²) >= 11 is 3.30. The zero-order valence-corrected chi connectivity index (χ0v) is 13.4. The Morgan fingerprint density at radius 3 is 3.00 bits per heavy atom. The third-order valence-electron chi connectivity index (χ3n) is 3.72. The summed E-state index contributed by atoms with van der Waals surface area (Å²) in [6.07, 6.45) is 8.53. The third kappa shape index (κ3) is 4.56. The minimum Gasteiger partial charge on any atom is -0.376 e. The molecule has 1 N–H and O–H groups in total. The molecule has 1 fully saturated rings. The maximum absolute atomic E-state index is 11.9. The van der Waals surface area contributed by atoms with Crippen LogP contribution in [0.3, 0.4) is 0 Å². The van der Waals surface area contributed by atoms with Gasteiger partial charge in [-0.3, -0.25) is 9.78 Å². The Labute approximate surface area is 128 Å². The SMILES string of the molecule is C[C@H]1CCCC[C@H]1OCCNC(=O)c1cncc(Br)c1. The Morgan fingerprint density at radius 1 is 1.45 bits per heavy atom. The van der Waals surface area contributed by atoms with Crippen LogP contribution in [-0.4, -0.2) is 30.1 Å². The second kappa shape index (κ2) is 7.74. The molecule has 0 bridgehead atoms. The van der Waals surface area contributed by atoms with Gasteiger partial charge >= 0.3 is 0 Å².